The van der Waals surface area contributed by atoms with Crippen LogP contribution in [0.2, 0.25) is 0 Å². The fraction of sp³-hybridized carbons (Fsp3) is 0.222. The Morgan fingerprint density at radius 3 is 2.60 bits per heavy atom. The first-order chi connectivity index (χ1) is 11.9. The summed E-state index contributed by atoms with van der Waals surface area (Å²) in [6.07, 6.45) is -2.28. The third-order valence-electron chi connectivity index (χ3n) is 3.66. The molecule has 0 radical (unpaired) electrons. The van der Waals surface area contributed by atoms with Gasteiger partial charge in [-0.3, -0.25) is 0 Å². The van der Waals surface area contributed by atoms with Gasteiger partial charge in [0.1, 0.15) is 0 Å². The van der Waals surface area contributed by atoms with Gasteiger partial charge < -0.3 is 4.74 Å². The molecule has 3 aromatic rings. The number of halogens is 3. The predicted octanol–water partition coefficient (Wildman–Crippen LogP) is 5.13. The zero-order chi connectivity index (χ0) is 18.0. The lowest BCUT2D eigenvalue weighted by Gasteiger charge is -2.07. The fourth-order valence-electron chi connectivity index (χ4n) is 2.46. The molecule has 0 aliphatic carbocycles. The third-order valence-corrected chi connectivity index (χ3v) is 4.86. The summed E-state index contributed by atoms with van der Waals surface area (Å²) in [6, 6.07) is 9.01. The van der Waals surface area contributed by atoms with E-state index >= 15 is 0 Å². The van der Waals surface area contributed by atoms with Crippen LogP contribution in [-0.4, -0.2) is 17.1 Å². The Hall–Kier alpha value is -2.41. The first-order valence-electron chi connectivity index (χ1n) is 7.49. The van der Waals surface area contributed by atoms with Gasteiger partial charge in [0.25, 0.3) is 0 Å². The van der Waals surface area contributed by atoms with Crippen LogP contribution in [0.15, 0.2) is 42.6 Å². The molecule has 0 saturated heterocycles. The van der Waals surface area contributed by atoms with Crippen LogP contribution in [0, 0.1) is 6.92 Å². The molecule has 25 heavy (non-hydrogen) atoms. The molecule has 0 atom stereocenters. The zero-order valence-electron chi connectivity index (χ0n) is 13.6. The van der Waals surface area contributed by atoms with Gasteiger partial charge in [-0.05, 0) is 24.6 Å². The summed E-state index contributed by atoms with van der Waals surface area (Å²) >= 11 is 1.46. The summed E-state index contributed by atoms with van der Waals surface area (Å²) in [4.78, 5) is 9.63. The molecule has 0 aliphatic heterocycles. The van der Waals surface area contributed by atoms with E-state index in [2.05, 4.69) is 9.97 Å². The molecule has 0 unspecified atom stereocenters. The number of ether oxygens (including phenoxy) is 1. The third kappa shape index (κ3) is 3.99. The molecule has 1 aromatic carbocycles. The molecule has 0 bridgehead atoms. The Morgan fingerprint density at radius 1 is 1.16 bits per heavy atom. The quantitative estimate of drug-likeness (QED) is 0.644. The van der Waals surface area contributed by atoms with Crippen molar-refractivity contribution in [1.82, 2.24) is 9.97 Å². The highest BCUT2D eigenvalue weighted by Gasteiger charge is 2.30. The van der Waals surface area contributed by atoms with Crippen LogP contribution >= 0.6 is 11.3 Å². The van der Waals surface area contributed by atoms with E-state index < -0.39 is 11.7 Å². The monoisotopic (exact) mass is 364 g/mol. The molecular formula is C18H15F3N2OS. The molecule has 0 N–H and O–H groups in total. The molecule has 3 nitrogen and oxygen atoms in total. The van der Waals surface area contributed by atoms with Gasteiger partial charge in [0.05, 0.1) is 28.3 Å². The zero-order valence-corrected chi connectivity index (χ0v) is 14.4. The summed E-state index contributed by atoms with van der Waals surface area (Å²) in [5.41, 5.74) is 1.69. The highest BCUT2D eigenvalue weighted by Crippen LogP contribution is 2.33. The molecule has 2 heterocycles. The van der Waals surface area contributed by atoms with Crippen molar-refractivity contribution in [3.63, 3.8) is 0 Å². The van der Waals surface area contributed by atoms with Gasteiger partial charge in [-0.25, -0.2) is 9.97 Å². The largest absolute Gasteiger partial charge is 0.481 e. The van der Waals surface area contributed by atoms with E-state index in [4.69, 9.17) is 4.74 Å². The Bertz CT molecular complexity index is 873. The lowest BCUT2D eigenvalue weighted by atomic mass is 10.1. The number of pyridine rings is 1. The second kappa shape index (κ2) is 6.84. The molecule has 0 amide bonds. The van der Waals surface area contributed by atoms with Crippen LogP contribution in [0.1, 0.15) is 21.8 Å². The Kier molecular flexibility index (Phi) is 4.76. The highest BCUT2D eigenvalue weighted by atomic mass is 32.1. The van der Waals surface area contributed by atoms with Gasteiger partial charge in [0.2, 0.25) is 5.88 Å². The van der Waals surface area contributed by atoms with Crippen LogP contribution in [0.3, 0.4) is 0 Å². The SMILES string of the molecule is COc1ccc(-c2sc(Cc3cccc(C(F)(F)F)c3)nc2C)cn1. The number of benzene rings is 1. The van der Waals surface area contributed by atoms with E-state index in [9.17, 15) is 13.2 Å². The second-order valence-electron chi connectivity index (χ2n) is 5.49. The van der Waals surface area contributed by atoms with E-state index in [-0.39, 0.29) is 0 Å². The smallest absolute Gasteiger partial charge is 0.416 e. The minimum absolute atomic E-state index is 0.360. The molecule has 0 aliphatic rings. The van der Waals surface area contributed by atoms with Crippen molar-refractivity contribution in [3.05, 3.63) is 64.4 Å². The number of nitrogens with zero attached hydrogens (tertiary/aromatic N) is 2. The number of hydrogen-bond acceptors (Lipinski definition) is 4. The van der Waals surface area contributed by atoms with Crippen LogP contribution in [0.4, 0.5) is 13.2 Å². The number of alkyl halides is 3. The maximum Gasteiger partial charge on any atom is 0.416 e. The molecule has 3 rings (SSSR count). The molecule has 0 spiro atoms. The van der Waals surface area contributed by atoms with E-state index in [0.29, 0.717) is 17.9 Å². The van der Waals surface area contributed by atoms with Crippen molar-refractivity contribution in [2.75, 3.05) is 7.11 Å². The molecule has 7 heteroatoms. The van der Waals surface area contributed by atoms with Crippen LogP contribution < -0.4 is 4.74 Å². The lowest BCUT2D eigenvalue weighted by Crippen LogP contribution is -2.05. The maximum absolute atomic E-state index is 12.8. The molecule has 130 valence electrons. The number of methoxy groups -OCH3 is 1. The summed E-state index contributed by atoms with van der Waals surface area (Å²) in [6.45, 7) is 1.88. The Morgan fingerprint density at radius 2 is 1.96 bits per heavy atom. The number of aryl methyl sites for hydroxylation is 1. The summed E-state index contributed by atoms with van der Waals surface area (Å²) < 4.78 is 43.5. The van der Waals surface area contributed by atoms with Crippen molar-refractivity contribution < 1.29 is 17.9 Å². The summed E-state index contributed by atoms with van der Waals surface area (Å²) in [5.74, 6) is 0.523. The van der Waals surface area contributed by atoms with Gasteiger partial charge in [-0.15, -0.1) is 11.3 Å². The van der Waals surface area contributed by atoms with Gasteiger partial charge in [-0.2, -0.15) is 13.2 Å². The summed E-state index contributed by atoms with van der Waals surface area (Å²) in [5, 5.41) is 0.766. The van der Waals surface area contributed by atoms with Gasteiger partial charge in [0.15, 0.2) is 0 Å². The topological polar surface area (TPSA) is 35.0 Å². The first kappa shape index (κ1) is 17.4. The van der Waals surface area contributed by atoms with E-state index in [0.717, 1.165) is 27.2 Å². The summed E-state index contributed by atoms with van der Waals surface area (Å²) in [7, 11) is 1.55. The number of aromatic nitrogens is 2. The Balaban J connectivity index is 1.85. The minimum Gasteiger partial charge on any atom is -0.481 e. The van der Waals surface area contributed by atoms with Crippen molar-refractivity contribution in [1.29, 1.82) is 0 Å². The number of thiazole rings is 1. The van der Waals surface area contributed by atoms with E-state index in [1.807, 2.05) is 13.0 Å². The normalized spacial score (nSPS) is 11.6. The van der Waals surface area contributed by atoms with Crippen LogP contribution in [0.25, 0.3) is 10.4 Å². The lowest BCUT2D eigenvalue weighted by molar-refractivity contribution is -0.137. The van der Waals surface area contributed by atoms with Crippen molar-refractivity contribution in [2.24, 2.45) is 0 Å². The molecular weight excluding hydrogens is 349 g/mol. The second-order valence-corrected chi connectivity index (χ2v) is 6.57. The van der Waals surface area contributed by atoms with Crippen molar-refractivity contribution >= 4 is 11.3 Å². The van der Waals surface area contributed by atoms with Gasteiger partial charge in [-0.1, -0.05) is 18.2 Å². The van der Waals surface area contributed by atoms with Crippen molar-refractivity contribution in [2.45, 2.75) is 19.5 Å². The molecule has 2 aromatic heterocycles. The number of hydrogen-bond donors (Lipinski definition) is 0. The van der Waals surface area contributed by atoms with Gasteiger partial charge >= 0.3 is 6.18 Å². The van der Waals surface area contributed by atoms with E-state index in [1.54, 1.807) is 25.4 Å². The van der Waals surface area contributed by atoms with E-state index in [1.165, 1.54) is 23.5 Å². The Labute approximate surface area is 147 Å². The van der Waals surface area contributed by atoms with Gasteiger partial charge in [0, 0.05) is 24.2 Å². The number of rotatable bonds is 4. The average Bonchev–Trinajstić information content (AvgIpc) is 2.95. The standard InChI is InChI=1S/C18H15F3N2OS/c1-11-17(13-6-7-15(24-2)22-10-13)25-16(23-11)9-12-4-3-5-14(8-12)18(19,20)21/h3-8,10H,9H2,1-2H3. The molecule has 0 fully saturated rings. The van der Waals surface area contributed by atoms with Crippen LogP contribution in [0.5, 0.6) is 5.88 Å². The van der Waals surface area contributed by atoms with Crippen LogP contribution in [-0.2, 0) is 12.6 Å². The molecule has 0 saturated carbocycles. The predicted molar refractivity (Wildman–Crippen MR) is 90.9 cm³/mol. The van der Waals surface area contributed by atoms with Crippen molar-refractivity contribution in [3.8, 4) is 16.3 Å². The minimum atomic E-state index is -4.34. The average molecular weight is 364 g/mol. The maximum atomic E-state index is 12.8. The highest BCUT2D eigenvalue weighted by molar-refractivity contribution is 7.15. The fourth-order valence-corrected chi connectivity index (χ4v) is 3.55. The first-order valence-corrected chi connectivity index (χ1v) is 8.31.